The molecule has 68 valence electrons. The lowest BCUT2D eigenvalue weighted by atomic mass is 10.2. The van der Waals surface area contributed by atoms with Crippen molar-refractivity contribution in [3.8, 4) is 0 Å². The zero-order valence-electron chi connectivity index (χ0n) is 7.38. The Balaban J connectivity index is 2.22. The topological polar surface area (TPSA) is 67.4 Å². The average molecular weight is 177 g/mol. The molecule has 0 aliphatic carbocycles. The second-order valence-electron chi connectivity index (χ2n) is 3.07. The van der Waals surface area contributed by atoms with Gasteiger partial charge in [-0.1, -0.05) is 6.92 Å². The lowest BCUT2D eigenvalue weighted by molar-refractivity contribution is 0.762. The predicted octanol–water partition coefficient (Wildman–Crippen LogP) is 0.205. The van der Waals surface area contributed by atoms with Crippen LogP contribution in [0, 0.1) is 5.92 Å². The van der Waals surface area contributed by atoms with E-state index in [4.69, 9.17) is 5.73 Å². The third-order valence-corrected chi connectivity index (χ3v) is 2.00. The molecule has 0 saturated carbocycles. The second kappa shape index (κ2) is 3.01. The predicted molar refractivity (Wildman–Crippen MR) is 50.2 cm³/mol. The molecule has 1 atom stereocenters. The van der Waals surface area contributed by atoms with Gasteiger partial charge in [-0.15, -0.1) is 0 Å². The molecule has 0 aromatic carbocycles. The minimum Gasteiger partial charge on any atom is -0.385 e. The third-order valence-electron chi connectivity index (χ3n) is 2.00. The van der Waals surface area contributed by atoms with Gasteiger partial charge in [-0.3, -0.25) is 4.98 Å². The Morgan fingerprint density at radius 2 is 2.38 bits per heavy atom. The SMILES string of the molecule is CC1CN(c2cnccn2)N=C1N. The van der Waals surface area contributed by atoms with Crippen LogP contribution < -0.4 is 10.7 Å². The van der Waals surface area contributed by atoms with Gasteiger partial charge >= 0.3 is 0 Å². The number of nitrogens with zero attached hydrogens (tertiary/aromatic N) is 4. The van der Waals surface area contributed by atoms with Crippen molar-refractivity contribution in [3.05, 3.63) is 18.6 Å². The normalized spacial score (nSPS) is 21.8. The molecular formula is C8H11N5. The number of nitrogens with two attached hydrogens (primary N) is 1. The molecule has 2 heterocycles. The van der Waals surface area contributed by atoms with Crippen LogP contribution in [0.4, 0.5) is 5.82 Å². The lowest BCUT2D eigenvalue weighted by Gasteiger charge is -2.11. The first-order valence-corrected chi connectivity index (χ1v) is 4.15. The lowest BCUT2D eigenvalue weighted by Crippen LogP contribution is -2.20. The van der Waals surface area contributed by atoms with Gasteiger partial charge in [0, 0.05) is 18.3 Å². The van der Waals surface area contributed by atoms with E-state index in [0.29, 0.717) is 11.8 Å². The van der Waals surface area contributed by atoms with Crippen molar-refractivity contribution >= 4 is 11.7 Å². The highest BCUT2D eigenvalue weighted by molar-refractivity contribution is 5.86. The van der Waals surface area contributed by atoms with Gasteiger partial charge in [0.1, 0.15) is 5.84 Å². The van der Waals surface area contributed by atoms with E-state index < -0.39 is 0 Å². The zero-order chi connectivity index (χ0) is 9.26. The van der Waals surface area contributed by atoms with Crippen molar-refractivity contribution in [2.24, 2.45) is 16.8 Å². The molecule has 0 saturated heterocycles. The fraction of sp³-hybridized carbons (Fsp3) is 0.375. The maximum absolute atomic E-state index is 5.67. The molecule has 5 heteroatoms. The van der Waals surface area contributed by atoms with Crippen LogP contribution in [0.2, 0.25) is 0 Å². The van der Waals surface area contributed by atoms with Crippen LogP contribution in [-0.4, -0.2) is 22.3 Å². The zero-order valence-corrected chi connectivity index (χ0v) is 7.38. The first-order chi connectivity index (χ1) is 6.27. The molecule has 1 aromatic heterocycles. The molecular weight excluding hydrogens is 166 g/mol. The van der Waals surface area contributed by atoms with Gasteiger partial charge in [0.25, 0.3) is 0 Å². The molecule has 0 amide bonds. The summed E-state index contributed by atoms with van der Waals surface area (Å²) in [5.41, 5.74) is 5.67. The van der Waals surface area contributed by atoms with E-state index in [9.17, 15) is 0 Å². The van der Waals surface area contributed by atoms with Gasteiger partial charge in [-0.2, -0.15) is 5.10 Å². The molecule has 13 heavy (non-hydrogen) atoms. The first-order valence-electron chi connectivity index (χ1n) is 4.15. The highest BCUT2D eigenvalue weighted by Gasteiger charge is 2.21. The Kier molecular flexibility index (Phi) is 1.84. The number of amidine groups is 1. The summed E-state index contributed by atoms with van der Waals surface area (Å²) in [4.78, 5) is 8.10. The van der Waals surface area contributed by atoms with Gasteiger partial charge in [-0.25, -0.2) is 9.99 Å². The number of anilines is 1. The van der Waals surface area contributed by atoms with E-state index in [1.54, 1.807) is 23.6 Å². The van der Waals surface area contributed by atoms with E-state index in [1.165, 1.54) is 0 Å². The fourth-order valence-electron chi connectivity index (χ4n) is 1.20. The van der Waals surface area contributed by atoms with Crippen LogP contribution in [0.25, 0.3) is 0 Å². The first kappa shape index (κ1) is 7.97. The summed E-state index contributed by atoms with van der Waals surface area (Å²) in [6.45, 7) is 2.82. The molecule has 1 unspecified atom stereocenters. The summed E-state index contributed by atoms with van der Waals surface area (Å²) < 4.78 is 0. The summed E-state index contributed by atoms with van der Waals surface area (Å²) in [5, 5.41) is 5.94. The molecule has 2 rings (SSSR count). The molecule has 0 fully saturated rings. The number of hydrogen-bond donors (Lipinski definition) is 1. The molecule has 2 N–H and O–H groups in total. The molecule has 5 nitrogen and oxygen atoms in total. The Bertz CT molecular complexity index is 321. The second-order valence-corrected chi connectivity index (χ2v) is 3.07. The highest BCUT2D eigenvalue weighted by atomic mass is 15.5. The van der Waals surface area contributed by atoms with Crippen molar-refractivity contribution in [2.45, 2.75) is 6.92 Å². The summed E-state index contributed by atoms with van der Waals surface area (Å²) in [6, 6.07) is 0. The fourth-order valence-corrected chi connectivity index (χ4v) is 1.20. The number of rotatable bonds is 1. The van der Waals surface area contributed by atoms with Gasteiger partial charge in [0.15, 0.2) is 5.82 Å². The van der Waals surface area contributed by atoms with E-state index in [-0.39, 0.29) is 0 Å². The molecule has 1 aliphatic rings. The van der Waals surface area contributed by atoms with Crippen LogP contribution >= 0.6 is 0 Å². The quantitative estimate of drug-likeness (QED) is 0.665. The molecule has 0 spiro atoms. The summed E-state index contributed by atoms with van der Waals surface area (Å²) in [5.74, 6) is 1.70. The van der Waals surface area contributed by atoms with E-state index in [0.717, 1.165) is 12.4 Å². The van der Waals surface area contributed by atoms with Crippen molar-refractivity contribution in [1.29, 1.82) is 0 Å². The Morgan fingerprint density at radius 3 is 2.92 bits per heavy atom. The number of hydrazone groups is 1. The van der Waals surface area contributed by atoms with Crippen LogP contribution in [0.3, 0.4) is 0 Å². The Morgan fingerprint density at radius 1 is 1.54 bits per heavy atom. The Labute approximate surface area is 76.3 Å². The summed E-state index contributed by atoms with van der Waals surface area (Å²) >= 11 is 0. The summed E-state index contributed by atoms with van der Waals surface area (Å²) in [7, 11) is 0. The van der Waals surface area contributed by atoms with Gasteiger partial charge < -0.3 is 5.73 Å². The van der Waals surface area contributed by atoms with Crippen molar-refractivity contribution < 1.29 is 0 Å². The minimum absolute atomic E-state index is 0.294. The molecule has 0 radical (unpaired) electrons. The molecule has 1 aliphatic heterocycles. The van der Waals surface area contributed by atoms with Crippen molar-refractivity contribution in [1.82, 2.24) is 9.97 Å². The van der Waals surface area contributed by atoms with Gasteiger partial charge in [0.2, 0.25) is 0 Å². The Hall–Kier alpha value is -1.65. The highest BCUT2D eigenvalue weighted by Crippen LogP contribution is 2.16. The van der Waals surface area contributed by atoms with Crippen molar-refractivity contribution in [2.75, 3.05) is 11.6 Å². The van der Waals surface area contributed by atoms with E-state index in [1.807, 2.05) is 6.92 Å². The smallest absolute Gasteiger partial charge is 0.167 e. The van der Waals surface area contributed by atoms with Crippen LogP contribution in [0.15, 0.2) is 23.7 Å². The number of aromatic nitrogens is 2. The minimum atomic E-state index is 0.294. The third kappa shape index (κ3) is 1.44. The van der Waals surface area contributed by atoms with Crippen molar-refractivity contribution in [3.63, 3.8) is 0 Å². The maximum Gasteiger partial charge on any atom is 0.167 e. The molecule has 0 bridgehead atoms. The van der Waals surface area contributed by atoms with Crippen LogP contribution in [0.5, 0.6) is 0 Å². The largest absolute Gasteiger partial charge is 0.385 e. The maximum atomic E-state index is 5.67. The van der Waals surface area contributed by atoms with Gasteiger partial charge in [0.05, 0.1) is 12.7 Å². The monoisotopic (exact) mass is 177 g/mol. The summed E-state index contributed by atoms with van der Waals surface area (Å²) in [6.07, 6.45) is 4.95. The van der Waals surface area contributed by atoms with E-state index in [2.05, 4.69) is 15.1 Å². The number of hydrogen-bond acceptors (Lipinski definition) is 5. The van der Waals surface area contributed by atoms with Crippen LogP contribution in [0.1, 0.15) is 6.92 Å². The average Bonchev–Trinajstić information content (AvgIpc) is 2.49. The van der Waals surface area contributed by atoms with Gasteiger partial charge in [-0.05, 0) is 0 Å². The standard InChI is InChI=1S/C8H11N5/c1-6-5-13(12-8(6)9)7-4-10-2-3-11-7/h2-4,6H,5H2,1H3,(H2,9,12). The van der Waals surface area contributed by atoms with E-state index >= 15 is 0 Å². The van der Waals surface area contributed by atoms with Crippen LogP contribution in [-0.2, 0) is 0 Å². The molecule has 1 aromatic rings.